The van der Waals surface area contributed by atoms with Crippen molar-refractivity contribution in [1.29, 1.82) is 0 Å². The minimum absolute atomic E-state index is 0. The minimum atomic E-state index is -0.224. The first kappa shape index (κ1) is 15.6. The van der Waals surface area contributed by atoms with E-state index in [1.165, 1.54) is 0 Å². The van der Waals surface area contributed by atoms with Gasteiger partial charge in [0.25, 0.3) is 0 Å². The van der Waals surface area contributed by atoms with Crippen LogP contribution in [0.5, 0.6) is 0 Å². The molecular formula is C10H16IN5O. The van der Waals surface area contributed by atoms with E-state index >= 15 is 0 Å². The van der Waals surface area contributed by atoms with Crippen molar-refractivity contribution in [2.75, 3.05) is 26.0 Å². The number of carbonyl (C=O) groups is 1. The average Bonchev–Trinajstić information content (AvgIpc) is 2.27. The van der Waals surface area contributed by atoms with Crippen LogP contribution in [0.1, 0.15) is 0 Å². The number of halogens is 1. The van der Waals surface area contributed by atoms with Gasteiger partial charge in [-0.2, -0.15) is 0 Å². The predicted octanol–water partition coefficient (Wildman–Crippen LogP) is 0.514. The molecular weight excluding hydrogens is 333 g/mol. The Morgan fingerprint density at radius 1 is 1.59 bits per heavy atom. The summed E-state index contributed by atoms with van der Waals surface area (Å²) in [6.07, 6.45) is 3.20. The standard InChI is InChI=1S/C10H15N5O.HI/c1-15(2)10(11)13-7-9(16)14-8-4-3-5-12-6-8;/h3-6H,7H2,1-2H3,(H2,11,13)(H,14,16);1H. The van der Waals surface area contributed by atoms with Crippen molar-refractivity contribution in [1.82, 2.24) is 9.88 Å². The number of amides is 1. The molecule has 3 N–H and O–H groups in total. The second-order valence-electron chi connectivity index (χ2n) is 3.36. The smallest absolute Gasteiger partial charge is 0.246 e. The molecule has 1 amide bonds. The maximum atomic E-state index is 11.4. The summed E-state index contributed by atoms with van der Waals surface area (Å²) >= 11 is 0. The van der Waals surface area contributed by atoms with E-state index in [1.807, 2.05) is 0 Å². The van der Waals surface area contributed by atoms with Gasteiger partial charge in [-0.05, 0) is 12.1 Å². The van der Waals surface area contributed by atoms with Crippen molar-refractivity contribution in [3.05, 3.63) is 24.5 Å². The van der Waals surface area contributed by atoms with Crippen LogP contribution in [0, 0.1) is 0 Å². The second-order valence-corrected chi connectivity index (χ2v) is 3.36. The van der Waals surface area contributed by atoms with Crippen molar-refractivity contribution in [3.8, 4) is 0 Å². The molecule has 1 rings (SSSR count). The average molecular weight is 349 g/mol. The molecule has 0 radical (unpaired) electrons. The number of nitrogens with zero attached hydrogens (tertiary/aromatic N) is 3. The Kier molecular flexibility index (Phi) is 7.19. The van der Waals surface area contributed by atoms with E-state index in [0.29, 0.717) is 11.6 Å². The van der Waals surface area contributed by atoms with E-state index in [2.05, 4.69) is 15.3 Å². The molecule has 0 aliphatic rings. The van der Waals surface area contributed by atoms with Gasteiger partial charge in [0, 0.05) is 20.3 Å². The monoisotopic (exact) mass is 349 g/mol. The SMILES string of the molecule is CN(C)C(N)=NCC(=O)Nc1cccnc1.I. The number of aliphatic imine (C=N–C) groups is 1. The normalized spacial score (nSPS) is 10.4. The number of pyridine rings is 1. The first-order chi connectivity index (χ1) is 7.59. The van der Waals surface area contributed by atoms with Crippen LogP contribution >= 0.6 is 24.0 Å². The Balaban J connectivity index is 0.00000256. The Hall–Kier alpha value is -1.38. The van der Waals surface area contributed by atoms with Gasteiger partial charge in [-0.3, -0.25) is 9.78 Å². The Morgan fingerprint density at radius 2 is 2.29 bits per heavy atom. The lowest BCUT2D eigenvalue weighted by atomic mass is 10.4. The number of guanidine groups is 1. The van der Waals surface area contributed by atoms with E-state index in [0.717, 1.165) is 0 Å². The maximum absolute atomic E-state index is 11.4. The van der Waals surface area contributed by atoms with Crippen LogP contribution in [0.4, 0.5) is 5.69 Å². The fraction of sp³-hybridized carbons (Fsp3) is 0.300. The molecule has 0 saturated carbocycles. The molecule has 6 nitrogen and oxygen atoms in total. The van der Waals surface area contributed by atoms with Crippen LogP contribution in [0.2, 0.25) is 0 Å². The van der Waals surface area contributed by atoms with Gasteiger partial charge < -0.3 is 16.0 Å². The summed E-state index contributed by atoms with van der Waals surface area (Å²) in [4.78, 5) is 20.8. The molecule has 0 fully saturated rings. The molecule has 0 spiro atoms. The van der Waals surface area contributed by atoms with Gasteiger partial charge in [-0.15, -0.1) is 24.0 Å². The summed E-state index contributed by atoms with van der Waals surface area (Å²) in [5.74, 6) is 0.0964. The number of rotatable bonds is 3. The largest absolute Gasteiger partial charge is 0.370 e. The summed E-state index contributed by atoms with van der Waals surface area (Å²) in [6.45, 7) is -0.00108. The topological polar surface area (TPSA) is 83.6 Å². The number of hydrogen-bond donors (Lipinski definition) is 2. The molecule has 7 heteroatoms. The fourth-order valence-electron chi connectivity index (χ4n) is 0.931. The van der Waals surface area contributed by atoms with Gasteiger partial charge in [0.15, 0.2) is 5.96 Å². The number of hydrogen-bond acceptors (Lipinski definition) is 3. The lowest BCUT2D eigenvalue weighted by Gasteiger charge is -2.10. The number of nitrogens with two attached hydrogens (primary N) is 1. The van der Waals surface area contributed by atoms with Crippen LogP contribution in [-0.4, -0.2) is 42.4 Å². The van der Waals surface area contributed by atoms with E-state index < -0.39 is 0 Å². The van der Waals surface area contributed by atoms with Crippen LogP contribution in [0.15, 0.2) is 29.5 Å². The van der Waals surface area contributed by atoms with Crippen molar-refractivity contribution >= 4 is 41.5 Å². The molecule has 0 unspecified atom stereocenters. The second kappa shape index (κ2) is 7.82. The Morgan fingerprint density at radius 3 is 2.82 bits per heavy atom. The third-order valence-electron chi connectivity index (χ3n) is 1.79. The molecule has 0 aliphatic carbocycles. The number of anilines is 1. The van der Waals surface area contributed by atoms with E-state index in [1.54, 1.807) is 43.5 Å². The lowest BCUT2D eigenvalue weighted by molar-refractivity contribution is -0.114. The first-order valence-corrected chi connectivity index (χ1v) is 4.76. The minimum Gasteiger partial charge on any atom is -0.370 e. The van der Waals surface area contributed by atoms with E-state index in [-0.39, 0.29) is 36.4 Å². The van der Waals surface area contributed by atoms with Crippen LogP contribution in [-0.2, 0) is 4.79 Å². The van der Waals surface area contributed by atoms with E-state index in [4.69, 9.17) is 5.73 Å². The van der Waals surface area contributed by atoms with Crippen molar-refractivity contribution < 1.29 is 4.79 Å². The molecule has 1 aromatic heterocycles. The zero-order valence-corrected chi connectivity index (χ0v) is 12.1. The quantitative estimate of drug-likeness (QED) is 0.473. The third kappa shape index (κ3) is 6.05. The molecule has 94 valence electrons. The summed E-state index contributed by atoms with van der Waals surface area (Å²) in [7, 11) is 3.52. The molecule has 0 aromatic carbocycles. The summed E-state index contributed by atoms with van der Waals surface area (Å²) < 4.78 is 0. The first-order valence-electron chi connectivity index (χ1n) is 4.76. The highest BCUT2D eigenvalue weighted by molar-refractivity contribution is 14.0. The zero-order valence-electron chi connectivity index (χ0n) is 9.75. The van der Waals surface area contributed by atoms with Crippen molar-refractivity contribution in [2.24, 2.45) is 10.7 Å². The predicted molar refractivity (Wildman–Crippen MR) is 78.5 cm³/mol. The molecule has 1 aromatic rings. The van der Waals surface area contributed by atoms with Gasteiger partial charge in [-0.25, -0.2) is 4.99 Å². The van der Waals surface area contributed by atoms with Gasteiger partial charge >= 0.3 is 0 Å². The summed E-state index contributed by atoms with van der Waals surface area (Å²) in [5.41, 5.74) is 6.19. The van der Waals surface area contributed by atoms with Crippen LogP contribution < -0.4 is 11.1 Å². The van der Waals surface area contributed by atoms with Crippen molar-refractivity contribution in [3.63, 3.8) is 0 Å². The zero-order chi connectivity index (χ0) is 12.0. The Labute approximate surface area is 117 Å². The highest BCUT2D eigenvalue weighted by Gasteiger charge is 2.01. The molecule has 0 saturated heterocycles. The lowest BCUT2D eigenvalue weighted by Crippen LogP contribution is -2.31. The highest BCUT2D eigenvalue weighted by atomic mass is 127. The van der Waals surface area contributed by atoms with Crippen LogP contribution in [0.3, 0.4) is 0 Å². The Bertz CT molecular complexity index is 380. The maximum Gasteiger partial charge on any atom is 0.246 e. The van der Waals surface area contributed by atoms with Crippen molar-refractivity contribution in [2.45, 2.75) is 0 Å². The van der Waals surface area contributed by atoms with E-state index in [9.17, 15) is 4.79 Å². The van der Waals surface area contributed by atoms with Gasteiger partial charge in [-0.1, -0.05) is 0 Å². The fourth-order valence-corrected chi connectivity index (χ4v) is 0.931. The number of carbonyl (C=O) groups excluding carboxylic acids is 1. The van der Waals surface area contributed by atoms with Gasteiger partial charge in [0.1, 0.15) is 6.54 Å². The van der Waals surface area contributed by atoms with Gasteiger partial charge in [0.2, 0.25) is 5.91 Å². The highest BCUT2D eigenvalue weighted by Crippen LogP contribution is 2.01. The molecule has 0 atom stereocenters. The van der Waals surface area contributed by atoms with Gasteiger partial charge in [0.05, 0.1) is 11.9 Å². The summed E-state index contributed by atoms with van der Waals surface area (Å²) in [5, 5.41) is 2.65. The molecule has 0 aliphatic heterocycles. The number of aromatic nitrogens is 1. The number of nitrogens with one attached hydrogen (secondary N) is 1. The summed E-state index contributed by atoms with van der Waals surface area (Å²) in [6, 6.07) is 3.50. The van der Waals surface area contributed by atoms with Crippen LogP contribution in [0.25, 0.3) is 0 Å². The third-order valence-corrected chi connectivity index (χ3v) is 1.79. The molecule has 0 bridgehead atoms. The molecule has 17 heavy (non-hydrogen) atoms. The molecule has 1 heterocycles.